The van der Waals surface area contributed by atoms with E-state index in [0.717, 1.165) is 12.6 Å². The van der Waals surface area contributed by atoms with Crippen molar-refractivity contribution in [3.63, 3.8) is 0 Å². The molecule has 0 radical (unpaired) electrons. The van der Waals surface area contributed by atoms with Crippen molar-refractivity contribution in [3.8, 4) is 0 Å². The lowest BCUT2D eigenvalue weighted by molar-refractivity contribution is 0.373. The van der Waals surface area contributed by atoms with Crippen LogP contribution in [0.2, 0.25) is 0 Å². The molecule has 1 aliphatic rings. The molecular formula is C11H16BrNS. The molecule has 78 valence electrons. The fraction of sp³-hybridized carbons (Fsp3) is 0.636. The second-order valence-electron chi connectivity index (χ2n) is 3.95. The largest absolute Gasteiger partial charge is 0.309 e. The van der Waals surface area contributed by atoms with Gasteiger partial charge in [0.25, 0.3) is 0 Å². The Balaban J connectivity index is 1.76. The quantitative estimate of drug-likeness (QED) is 0.880. The fourth-order valence-corrected chi connectivity index (χ4v) is 3.40. The Hall–Kier alpha value is 0.140. The predicted octanol–water partition coefficient (Wildman–Crippen LogP) is 3.93. The van der Waals surface area contributed by atoms with Gasteiger partial charge in [0.2, 0.25) is 0 Å². The second-order valence-corrected chi connectivity index (χ2v) is 5.86. The number of nitrogens with one attached hydrogen (secondary N) is 1. The van der Waals surface area contributed by atoms with Crippen LogP contribution in [0.3, 0.4) is 0 Å². The zero-order valence-corrected chi connectivity index (χ0v) is 10.7. The fourth-order valence-electron chi connectivity index (χ4n) is 2.00. The average molecular weight is 274 g/mol. The van der Waals surface area contributed by atoms with Crippen molar-refractivity contribution in [1.82, 2.24) is 5.32 Å². The second kappa shape index (κ2) is 5.29. The molecule has 0 aromatic carbocycles. The number of thiophene rings is 1. The molecule has 1 heterocycles. The van der Waals surface area contributed by atoms with Crippen LogP contribution >= 0.6 is 27.3 Å². The first kappa shape index (κ1) is 10.7. The molecule has 3 heteroatoms. The average Bonchev–Trinajstić information content (AvgIpc) is 2.63. The molecule has 1 aromatic heterocycles. The Morgan fingerprint density at radius 2 is 2.14 bits per heavy atom. The summed E-state index contributed by atoms with van der Waals surface area (Å²) in [5.74, 6) is 0. The van der Waals surface area contributed by atoms with Gasteiger partial charge in [-0.15, -0.1) is 11.3 Å². The van der Waals surface area contributed by atoms with Crippen LogP contribution in [0.15, 0.2) is 15.9 Å². The van der Waals surface area contributed by atoms with Gasteiger partial charge in [-0.05, 0) is 34.8 Å². The Morgan fingerprint density at radius 3 is 2.79 bits per heavy atom. The lowest BCUT2D eigenvalue weighted by Crippen LogP contribution is -2.30. The normalized spacial score (nSPS) is 18.6. The molecular weight excluding hydrogens is 258 g/mol. The van der Waals surface area contributed by atoms with Crippen molar-refractivity contribution in [2.45, 2.75) is 44.7 Å². The van der Waals surface area contributed by atoms with Gasteiger partial charge in [-0.2, -0.15) is 0 Å². The minimum Gasteiger partial charge on any atom is -0.309 e. The maximum atomic E-state index is 3.64. The van der Waals surface area contributed by atoms with Crippen LogP contribution in [0.4, 0.5) is 0 Å². The molecule has 1 fully saturated rings. The number of rotatable bonds is 3. The summed E-state index contributed by atoms with van der Waals surface area (Å²) in [6.45, 7) is 1.04. The molecule has 14 heavy (non-hydrogen) atoms. The van der Waals surface area contributed by atoms with Gasteiger partial charge in [0.1, 0.15) is 0 Å². The van der Waals surface area contributed by atoms with Crippen molar-refractivity contribution in [3.05, 3.63) is 20.8 Å². The van der Waals surface area contributed by atoms with E-state index in [9.17, 15) is 0 Å². The van der Waals surface area contributed by atoms with Gasteiger partial charge in [0.05, 0.1) is 0 Å². The first-order valence-corrected chi connectivity index (χ1v) is 6.98. The summed E-state index contributed by atoms with van der Waals surface area (Å²) < 4.78 is 1.21. The van der Waals surface area contributed by atoms with Gasteiger partial charge in [-0.3, -0.25) is 0 Å². The van der Waals surface area contributed by atoms with Crippen LogP contribution in [0.1, 0.15) is 37.0 Å². The van der Waals surface area contributed by atoms with E-state index in [4.69, 9.17) is 0 Å². The molecule has 0 bridgehead atoms. The SMILES string of the molecule is Brc1csc(CNC2CCCCC2)c1. The summed E-state index contributed by atoms with van der Waals surface area (Å²) in [6, 6.07) is 2.98. The summed E-state index contributed by atoms with van der Waals surface area (Å²) in [5.41, 5.74) is 0. The van der Waals surface area contributed by atoms with Crippen molar-refractivity contribution in [2.75, 3.05) is 0 Å². The van der Waals surface area contributed by atoms with Crippen molar-refractivity contribution >= 4 is 27.3 Å². The maximum Gasteiger partial charge on any atom is 0.0302 e. The van der Waals surface area contributed by atoms with Crippen LogP contribution in [-0.2, 0) is 6.54 Å². The van der Waals surface area contributed by atoms with E-state index in [0.29, 0.717) is 0 Å². The van der Waals surface area contributed by atoms with Crippen LogP contribution in [0, 0.1) is 0 Å². The molecule has 1 aliphatic carbocycles. The van der Waals surface area contributed by atoms with Gasteiger partial charge in [0.15, 0.2) is 0 Å². The predicted molar refractivity (Wildman–Crippen MR) is 65.7 cm³/mol. The minimum atomic E-state index is 0.768. The number of halogens is 1. The van der Waals surface area contributed by atoms with Crippen molar-refractivity contribution < 1.29 is 0 Å². The van der Waals surface area contributed by atoms with Crippen molar-refractivity contribution in [1.29, 1.82) is 0 Å². The highest BCUT2D eigenvalue weighted by atomic mass is 79.9. The van der Waals surface area contributed by atoms with Gasteiger partial charge in [-0.1, -0.05) is 19.3 Å². The van der Waals surface area contributed by atoms with E-state index >= 15 is 0 Å². The zero-order chi connectivity index (χ0) is 9.80. The standard InChI is InChI=1S/C11H16BrNS/c12-9-6-11(14-8-9)7-13-10-4-2-1-3-5-10/h6,8,10,13H,1-5,7H2. The number of hydrogen-bond acceptors (Lipinski definition) is 2. The van der Waals surface area contributed by atoms with Crippen LogP contribution in [0.5, 0.6) is 0 Å². The summed E-state index contributed by atoms with van der Waals surface area (Å²) >= 11 is 5.31. The lowest BCUT2D eigenvalue weighted by atomic mass is 9.95. The van der Waals surface area contributed by atoms with Crippen molar-refractivity contribution in [2.24, 2.45) is 0 Å². The molecule has 1 saturated carbocycles. The van der Waals surface area contributed by atoms with E-state index in [1.54, 1.807) is 0 Å². The highest BCUT2D eigenvalue weighted by Crippen LogP contribution is 2.21. The van der Waals surface area contributed by atoms with Gasteiger partial charge in [-0.25, -0.2) is 0 Å². The molecule has 0 spiro atoms. The molecule has 1 N–H and O–H groups in total. The number of hydrogen-bond donors (Lipinski definition) is 1. The molecule has 0 aliphatic heterocycles. The third-order valence-electron chi connectivity index (χ3n) is 2.79. The first-order valence-electron chi connectivity index (χ1n) is 5.31. The molecule has 1 nitrogen and oxygen atoms in total. The van der Waals surface area contributed by atoms with Crippen LogP contribution in [0.25, 0.3) is 0 Å². The van der Waals surface area contributed by atoms with Gasteiger partial charge < -0.3 is 5.32 Å². The lowest BCUT2D eigenvalue weighted by Gasteiger charge is -2.22. The highest BCUT2D eigenvalue weighted by molar-refractivity contribution is 9.10. The van der Waals surface area contributed by atoms with E-state index in [1.165, 1.54) is 41.5 Å². The monoisotopic (exact) mass is 273 g/mol. The van der Waals surface area contributed by atoms with Crippen LogP contribution in [-0.4, -0.2) is 6.04 Å². The third kappa shape index (κ3) is 3.07. The van der Waals surface area contributed by atoms with Gasteiger partial charge >= 0.3 is 0 Å². The molecule has 2 rings (SSSR count). The maximum absolute atomic E-state index is 3.64. The highest BCUT2D eigenvalue weighted by Gasteiger charge is 2.12. The Bertz CT molecular complexity index is 279. The Morgan fingerprint density at radius 1 is 1.36 bits per heavy atom. The Labute approximate surface area is 98.0 Å². The zero-order valence-electron chi connectivity index (χ0n) is 8.26. The summed E-state index contributed by atoms with van der Waals surface area (Å²) in [7, 11) is 0. The topological polar surface area (TPSA) is 12.0 Å². The first-order chi connectivity index (χ1) is 6.84. The van der Waals surface area contributed by atoms with E-state index in [1.807, 2.05) is 11.3 Å². The molecule has 0 atom stereocenters. The van der Waals surface area contributed by atoms with Gasteiger partial charge in [0, 0.05) is 27.3 Å². The van der Waals surface area contributed by atoms with E-state index < -0.39 is 0 Å². The molecule has 0 saturated heterocycles. The van der Waals surface area contributed by atoms with E-state index in [-0.39, 0.29) is 0 Å². The van der Waals surface area contributed by atoms with E-state index in [2.05, 4.69) is 32.7 Å². The minimum absolute atomic E-state index is 0.768. The summed E-state index contributed by atoms with van der Waals surface area (Å²) in [6.07, 6.45) is 6.99. The smallest absolute Gasteiger partial charge is 0.0302 e. The summed E-state index contributed by atoms with van der Waals surface area (Å²) in [4.78, 5) is 1.43. The summed E-state index contributed by atoms with van der Waals surface area (Å²) in [5, 5.41) is 5.79. The molecule has 0 amide bonds. The van der Waals surface area contributed by atoms with Crippen LogP contribution < -0.4 is 5.32 Å². The third-order valence-corrected chi connectivity index (χ3v) is 4.49. The molecule has 0 unspecified atom stereocenters. The Kier molecular flexibility index (Phi) is 4.02. The molecule has 1 aromatic rings.